The van der Waals surface area contributed by atoms with Gasteiger partial charge in [0.15, 0.2) is 0 Å². The van der Waals surface area contributed by atoms with Crippen LogP contribution in [0.5, 0.6) is 0 Å². The Morgan fingerprint density at radius 2 is 2.28 bits per heavy atom. The first-order valence-corrected chi connectivity index (χ1v) is 5.87. The molecule has 2 rings (SSSR count). The molecule has 0 radical (unpaired) electrons. The van der Waals surface area contributed by atoms with E-state index in [1.54, 1.807) is 6.92 Å². The summed E-state index contributed by atoms with van der Waals surface area (Å²) in [6.07, 6.45) is 0.935. The lowest BCUT2D eigenvalue weighted by Crippen LogP contribution is -2.24. The van der Waals surface area contributed by atoms with Gasteiger partial charge < -0.3 is 10.2 Å². The van der Waals surface area contributed by atoms with E-state index in [2.05, 4.69) is 10.2 Å². The predicted octanol–water partition coefficient (Wildman–Crippen LogP) is 2.16. The van der Waals surface area contributed by atoms with Crippen LogP contribution in [-0.4, -0.2) is 36.0 Å². The number of rotatable bonds is 3. The number of hydrogen-bond acceptors (Lipinski definition) is 4. The SMILES string of the molecule is Cc1cc(NC2CCN(C)C2)c([N+](=O)[O-])cc1F. The molecule has 0 amide bonds. The number of hydrogen-bond donors (Lipinski definition) is 1. The second kappa shape index (κ2) is 4.89. The Morgan fingerprint density at radius 1 is 1.56 bits per heavy atom. The molecule has 0 spiro atoms. The first-order valence-electron chi connectivity index (χ1n) is 5.87. The molecule has 5 nitrogen and oxygen atoms in total. The second-order valence-corrected chi connectivity index (χ2v) is 4.77. The molecule has 1 N–H and O–H groups in total. The van der Waals surface area contributed by atoms with Gasteiger partial charge in [0.2, 0.25) is 0 Å². The number of aryl methyl sites for hydroxylation is 1. The van der Waals surface area contributed by atoms with Gasteiger partial charge in [-0.05, 0) is 38.6 Å². The molecular formula is C12H16FN3O2. The van der Waals surface area contributed by atoms with Crippen molar-refractivity contribution in [3.05, 3.63) is 33.6 Å². The zero-order valence-corrected chi connectivity index (χ0v) is 10.4. The Bertz CT molecular complexity index is 479. The van der Waals surface area contributed by atoms with Gasteiger partial charge in [-0.15, -0.1) is 0 Å². The van der Waals surface area contributed by atoms with Crippen molar-refractivity contribution in [2.45, 2.75) is 19.4 Å². The number of nitro groups is 1. The summed E-state index contributed by atoms with van der Waals surface area (Å²) in [6.45, 7) is 3.41. The van der Waals surface area contributed by atoms with Crippen LogP contribution in [0.4, 0.5) is 15.8 Å². The van der Waals surface area contributed by atoms with Gasteiger partial charge in [0.1, 0.15) is 11.5 Å². The standard InChI is InChI=1S/C12H16FN3O2/c1-8-5-11(12(16(17)18)6-10(8)13)14-9-3-4-15(2)7-9/h5-6,9,14H,3-4,7H2,1-2H3. The van der Waals surface area contributed by atoms with Crippen molar-refractivity contribution < 1.29 is 9.31 Å². The molecule has 6 heteroatoms. The molecule has 1 heterocycles. The summed E-state index contributed by atoms with van der Waals surface area (Å²) in [5, 5.41) is 14.1. The highest BCUT2D eigenvalue weighted by molar-refractivity contribution is 5.63. The van der Waals surface area contributed by atoms with Crippen LogP contribution in [-0.2, 0) is 0 Å². The van der Waals surface area contributed by atoms with Crippen LogP contribution in [0.2, 0.25) is 0 Å². The van der Waals surface area contributed by atoms with Gasteiger partial charge in [0.25, 0.3) is 5.69 Å². The molecule has 0 bridgehead atoms. The molecule has 1 atom stereocenters. The molecular weight excluding hydrogens is 237 g/mol. The minimum Gasteiger partial charge on any atom is -0.375 e. The predicted molar refractivity (Wildman–Crippen MR) is 67.3 cm³/mol. The second-order valence-electron chi connectivity index (χ2n) is 4.77. The third kappa shape index (κ3) is 2.59. The number of likely N-dealkylation sites (N-methyl/N-ethyl adjacent to an activating group) is 1. The quantitative estimate of drug-likeness (QED) is 0.662. The van der Waals surface area contributed by atoms with E-state index in [4.69, 9.17) is 0 Å². The smallest absolute Gasteiger partial charge is 0.295 e. The first-order chi connectivity index (χ1) is 8.47. The van der Waals surface area contributed by atoms with E-state index >= 15 is 0 Å². The molecule has 0 saturated carbocycles. The molecule has 18 heavy (non-hydrogen) atoms. The van der Waals surface area contributed by atoms with Crippen molar-refractivity contribution in [2.24, 2.45) is 0 Å². The van der Waals surface area contributed by atoms with Crippen molar-refractivity contribution in [2.75, 3.05) is 25.5 Å². The fourth-order valence-corrected chi connectivity index (χ4v) is 2.21. The summed E-state index contributed by atoms with van der Waals surface area (Å²) in [5.41, 5.74) is 0.612. The molecule has 1 aliphatic rings. The summed E-state index contributed by atoms with van der Waals surface area (Å²) >= 11 is 0. The van der Waals surface area contributed by atoms with Crippen LogP contribution < -0.4 is 5.32 Å². The summed E-state index contributed by atoms with van der Waals surface area (Å²) in [4.78, 5) is 12.5. The van der Waals surface area contributed by atoms with Gasteiger partial charge in [-0.1, -0.05) is 0 Å². The van der Waals surface area contributed by atoms with Crippen molar-refractivity contribution in [1.82, 2.24) is 4.90 Å². The number of benzene rings is 1. The van der Waals surface area contributed by atoms with Gasteiger partial charge in [-0.25, -0.2) is 4.39 Å². The summed E-state index contributed by atoms with van der Waals surface area (Å²) in [7, 11) is 2.01. The number of nitrogens with one attached hydrogen (secondary N) is 1. The highest BCUT2D eigenvalue weighted by Gasteiger charge is 2.23. The molecule has 1 aromatic rings. The van der Waals surface area contributed by atoms with E-state index in [1.807, 2.05) is 7.05 Å². The summed E-state index contributed by atoms with van der Waals surface area (Å²) in [5.74, 6) is -0.546. The number of nitro benzene ring substituents is 1. The fourth-order valence-electron chi connectivity index (χ4n) is 2.21. The lowest BCUT2D eigenvalue weighted by molar-refractivity contribution is -0.384. The van der Waals surface area contributed by atoms with Crippen LogP contribution in [0.1, 0.15) is 12.0 Å². The van der Waals surface area contributed by atoms with Crippen molar-refractivity contribution in [1.29, 1.82) is 0 Å². The maximum Gasteiger partial charge on any atom is 0.295 e. The summed E-state index contributed by atoms with van der Waals surface area (Å²) in [6, 6.07) is 2.67. The van der Waals surface area contributed by atoms with Crippen molar-refractivity contribution >= 4 is 11.4 Å². The Morgan fingerprint density at radius 3 is 2.83 bits per heavy atom. The topological polar surface area (TPSA) is 58.4 Å². The van der Waals surface area contributed by atoms with Gasteiger partial charge in [0.05, 0.1) is 11.0 Å². The summed E-state index contributed by atoms with van der Waals surface area (Å²) < 4.78 is 13.4. The Labute approximate surface area is 105 Å². The zero-order valence-electron chi connectivity index (χ0n) is 10.4. The Balaban J connectivity index is 2.25. The van der Waals surface area contributed by atoms with Crippen molar-refractivity contribution in [3.8, 4) is 0 Å². The molecule has 1 aromatic carbocycles. The first kappa shape index (κ1) is 12.8. The normalized spacial score (nSPS) is 20.1. The van der Waals surface area contributed by atoms with E-state index in [9.17, 15) is 14.5 Å². The number of likely N-dealkylation sites (tertiary alicyclic amines) is 1. The number of halogens is 1. The van der Waals surface area contributed by atoms with Crippen LogP contribution in [0.3, 0.4) is 0 Å². The number of nitrogens with zero attached hydrogens (tertiary/aromatic N) is 2. The molecule has 1 aliphatic heterocycles. The molecule has 1 saturated heterocycles. The maximum absolute atomic E-state index is 13.4. The third-order valence-electron chi connectivity index (χ3n) is 3.22. The lowest BCUT2D eigenvalue weighted by atomic mass is 10.1. The lowest BCUT2D eigenvalue weighted by Gasteiger charge is -2.15. The van der Waals surface area contributed by atoms with Crippen LogP contribution in [0, 0.1) is 22.9 Å². The third-order valence-corrected chi connectivity index (χ3v) is 3.22. The van der Waals surface area contributed by atoms with Gasteiger partial charge in [-0.3, -0.25) is 10.1 Å². The molecule has 0 aliphatic carbocycles. The number of anilines is 1. The van der Waals surface area contributed by atoms with Crippen molar-refractivity contribution in [3.63, 3.8) is 0 Å². The zero-order chi connectivity index (χ0) is 13.3. The van der Waals surface area contributed by atoms with Gasteiger partial charge in [0, 0.05) is 12.6 Å². The van der Waals surface area contributed by atoms with Gasteiger partial charge in [-0.2, -0.15) is 0 Å². The monoisotopic (exact) mass is 253 g/mol. The van der Waals surface area contributed by atoms with Crippen LogP contribution in [0.15, 0.2) is 12.1 Å². The van der Waals surface area contributed by atoms with E-state index in [0.717, 1.165) is 25.6 Å². The Kier molecular flexibility index (Phi) is 3.47. The average Bonchev–Trinajstić information content (AvgIpc) is 2.68. The molecule has 0 aromatic heterocycles. The van der Waals surface area contributed by atoms with E-state index in [-0.39, 0.29) is 11.7 Å². The highest BCUT2D eigenvalue weighted by atomic mass is 19.1. The Hall–Kier alpha value is -1.69. The van der Waals surface area contributed by atoms with Gasteiger partial charge >= 0.3 is 0 Å². The van der Waals surface area contributed by atoms with Crippen LogP contribution >= 0.6 is 0 Å². The molecule has 1 unspecified atom stereocenters. The largest absolute Gasteiger partial charge is 0.375 e. The van der Waals surface area contributed by atoms with E-state index in [1.165, 1.54) is 6.07 Å². The molecule has 1 fully saturated rings. The molecule has 98 valence electrons. The maximum atomic E-state index is 13.4. The fraction of sp³-hybridized carbons (Fsp3) is 0.500. The minimum absolute atomic E-state index is 0.179. The van der Waals surface area contributed by atoms with E-state index < -0.39 is 10.7 Å². The van der Waals surface area contributed by atoms with Crippen LogP contribution in [0.25, 0.3) is 0 Å². The average molecular weight is 253 g/mol. The highest BCUT2D eigenvalue weighted by Crippen LogP contribution is 2.29. The van der Waals surface area contributed by atoms with E-state index in [0.29, 0.717) is 11.3 Å². The minimum atomic E-state index is -0.552.